The molecule has 0 saturated heterocycles. The van der Waals surface area contributed by atoms with Crippen LogP contribution in [0.15, 0.2) is 0 Å². The topological polar surface area (TPSA) is 49.3 Å². The van der Waals surface area contributed by atoms with Crippen LogP contribution in [0, 0.1) is 5.41 Å². The van der Waals surface area contributed by atoms with Gasteiger partial charge in [0.2, 0.25) is 0 Å². The van der Waals surface area contributed by atoms with Crippen molar-refractivity contribution in [2.75, 3.05) is 6.61 Å². The van der Waals surface area contributed by atoms with Crippen LogP contribution in [0.2, 0.25) is 0 Å². The summed E-state index contributed by atoms with van der Waals surface area (Å²) in [5.41, 5.74) is -0.750. The van der Waals surface area contributed by atoms with E-state index in [1.54, 1.807) is 26.1 Å². The van der Waals surface area contributed by atoms with E-state index in [2.05, 4.69) is 0 Å². The molecular formula is C10H16F5NO2. The van der Waals surface area contributed by atoms with E-state index in [1.165, 1.54) is 0 Å². The Kier molecular flexibility index (Phi) is 5.10. The van der Waals surface area contributed by atoms with Gasteiger partial charge in [0.1, 0.15) is 0 Å². The van der Waals surface area contributed by atoms with Crippen LogP contribution >= 0.6 is 0 Å². The molecule has 0 heterocycles. The lowest BCUT2D eigenvalue weighted by Gasteiger charge is -2.32. The second-order valence-electron chi connectivity index (χ2n) is 4.98. The first-order valence-corrected chi connectivity index (χ1v) is 5.20. The lowest BCUT2D eigenvalue weighted by atomic mass is 9.85. The maximum atomic E-state index is 12.7. The molecule has 0 spiro atoms. The van der Waals surface area contributed by atoms with Crippen LogP contribution in [0.1, 0.15) is 27.2 Å². The summed E-state index contributed by atoms with van der Waals surface area (Å²) in [4.78, 5) is 11.0. The first-order chi connectivity index (χ1) is 7.84. The van der Waals surface area contributed by atoms with Crippen molar-refractivity contribution in [2.24, 2.45) is 5.41 Å². The van der Waals surface area contributed by atoms with E-state index in [0.717, 1.165) is 0 Å². The van der Waals surface area contributed by atoms with Gasteiger partial charge < -0.3 is 10.4 Å². The summed E-state index contributed by atoms with van der Waals surface area (Å²) in [7, 11) is 0. The fourth-order valence-electron chi connectivity index (χ4n) is 1.23. The molecule has 0 aromatic heterocycles. The van der Waals surface area contributed by atoms with Gasteiger partial charge in [-0.1, -0.05) is 20.8 Å². The summed E-state index contributed by atoms with van der Waals surface area (Å²) >= 11 is 0. The molecule has 108 valence electrons. The van der Waals surface area contributed by atoms with Gasteiger partial charge in [-0.25, -0.2) is 0 Å². The number of alkyl halides is 5. The number of hydrogen-bond donors (Lipinski definition) is 2. The average molecular weight is 277 g/mol. The highest BCUT2D eigenvalue weighted by molar-refractivity contribution is 5.84. The highest BCUT2D eigenvalue weighted by Gasteiger charge is 2.63. The van der Waals surface area contributed by atoms with E-state index in [0.29, 0.717) is 0 Å². The number of carbonyl (C=O) groups excluding carboxylic acids is 1. The van der Waals surface area contributed by atoms with E-state index in [4.69, 9.17) is 5.11 Å². The van der Waals surface area contributed by atoms with Gasteiger partial charge in [0.25, 0.3) is 0 Å². The molecule has 0 bridgehead atoms. The van der Waals surface area contributed by atoms with Crippen LogP contribution in [0.5, 0.6) is 0 Å². The molecule has 0 aliphatic carbocycles. The maximum absolute atomic E-state index is 12.7. The number of rotatable bonds is 4. The third kappa shape index (κ3) is 4.08. The summed E-state index contributed by atoms with van der Waals surface area (Å²) < 4.78 is 61.3. The van der Waals surface area contributed by atoms with E-state index in [9.17, 15) is 26.7 Å². The SMILES string of the molecule is CC(C)(C)C(CCO)NC(=O)C(F)(F)C(F)(F)F. The minimum atomic E-state index is -5.93. The number of nitrogens with one attached hydrogen (secondary N) is 1. The number of aliphatic hydroxyl groups excluding tert-OH is 1. The summed E-state index contributed by atoms with van der Waals surface area (Å²) in [5.74, 6) is -7.84. The molecule has 0 aromatic carbocycles. The molecule has 0 fully saturated rings. The minimum absolute atomic E-state index is 0.108. The zero-order chi connectivity index (χ0) is 14.8. The Morgan fingerprint density at radius 2 is 1.61 bits per heavy atom. The molecule has 0 aliphatic heterocycles. The van der Waals surface area contributed by atoms with Gasteiger partial charge >= 0.3 is 18.0 Å². The third-order valence-corrected chi connectivity index (χ3v) is 2.41. The predicted octanol–water partition coefficient (Wildman–Crippen LogP) is 2.10. The fraction of sp³-hybridized carbons (Fsp3) is 0.900. The summed E-state index contributed by atoms with van der Waals surface area (Å²) in [6.45, 7) is 4.23. The van der Waals surface area contributed by atoms with Crippen LogP contribution in [-0.2, 0) is 4.79 Å². The minimum Gasteiger partial charge on any atom is -0.396 e. The van der Waals surface area contributed by atoms with Crippen LogP contribution < -0.4 is 5.32 Å². The molecule has 3 nitrogen and oxygen atoms in total. The van der Waals surface area contributed by atoms with Gasteiger partial charge in [0.15, 0.2) is 0 Å². The van der Waals surface area contributed by atoms with E-state index >= 15 is 0 Å². The highest BCUT2D eigenvalue weighted by atomic mass is 19.4. The van der Waals surface area contributed by atoms with Gasteiger partial charge in [0, 0.05) is 12.6 Å². The zero-order valence-corrected chi connectivity index (χ0v) is 10.2. The molecule has 1 atom stereocenters. The Morgan fingerprint density at radius 3 is 1.89 bits per heavy atom. The van der Waals surface area contributed by atoms with Crippen LogP contribution in [0.3, 0.4) is 0 Å². The molecule has 0 radical (unpaired) electrons. The second kappa shape index (κ2) is 5.38. The monoisotopic (exact) mass is 277 g/mol. The van der Waals surface area contributed by atoms with Gasteiger partial charge in [-0.3, -0.25) is 4.79 Å². The lowest BCUT2D eigenvalue weighted by Crippen LogP contribution is -2.55. The molecule has 8 heteroatoms. The lowest BCUT2D eigenvalue weighted by molar-refractivity contribution is -0.270. The number of carbonyl (C=O) groups is 1. The molecule has 0 aliphatic rings. The average Bonchev–Trinajstić information content (AvgIpc) is 2.13. The van der Waals surface area contributed by atoms with Crippen molar-refractivity contribution in [3.63, 3.8) is 0 Å². The van der Waals surface area contributed by atoms with Crippen molar-refractivity contribution in [2.45, 2.75) is 45.3 Å². The molecule has 2 N–H and O–H groups in total. The summed E-state index contributed by atoms with van der Waals surface area (Å²) in [6.07, 6.45) is -6.04. The number of halogens is 5. The Balaban J connectivity index is 4.92. The fourth-order valence-corrected chi connectivity index (χ4v) is 1.23. The third-order valence-electron chi connectivity index (χ3n) is 2.41. The Labute approximate surface area is 101 Å². The van der Waals surface area contributed by atoms with Crippen LogP contribution in [0.25, 0.3) is 0 Å². The van der Waals surface area contributed by atoms with Crippen molar-refractivity contribution < 1.29 is 31.9 Å². The molecule has 0 aromatic rings. The Morgan fingerprint density at radius 1 is 1.17 bits per heavy atom. The maximum Gasteiger partial charge on any atom is 0.463 e. The van der Waals surface area contributed by atoms with Crippen molar-refractivity contribution >= 4 is 5.91 Å². The van der Waals surface area contributed by atoms with E-state index < -0.39 is 36.1 Å². The predicted molar refractivity (Wildman–Crippen MR) is 54.1 cm³/mol. The van der Waals surface area contributed by atoms with Crippen LogP contribution in [-0.4, -0.2) is 35.8 Å². The van der Waals surface area contributed by atoms with E-state index in [-0.39, 0.29) is 6.42 Å². The normalized spacial score (nSPS) is 15.4. The van der Waals surface area contributed by atoms with Gasteiger partial charge in [-0.15, -0.1) is 0 Å². The van der Waals surface area contributed by atoms with Crippen LogP contribution in [0.4, 0.5) is 22.0 Å². The van der Waals surface area contributed by atoms with Gasteiger partial charge in [-0.2, -0.15) is 22.0 Å². The smallest absolute Gasteiger partial charge is 0.396 e. The number of aliphatic hydroxyl groups is 1. The molecule has 0 rings (SSSR count). The van der Waals surface area contributed by atoms with Crippen molar-refractivity contribution in [3.05, 3.63) is 0 Å². The quantitative estimate of drug-likeness (QED) is 0.773. The van der Waals surface area contributed by atoms with E-state index in [1.807, 2.05) is 0 Å². The number of amides is 1. The standard InChI is InChI=1S/C10H16F5NO2/c1-8(2,3)6(4-5-17)16-7(18)9(11,12)10(13,14)15/h6,17H,4-5H2,1-3H3,(H,16,18). The summed E-state index contributed by atoms with van der Waals surface area (Å²) in [5, 5.41) is 10.4. The van der Waals surface area contributed by atoms with Gasteiger partial charge in [-0.05, 0) is 11.8 Å². The highest BCUT2D eigenvalue weighted by Crippen LogP contribution is 2.36. The van der Waals surface area contributed by atoms with Gasteiger partial charge in [0.05, 0.1) is 0 Å². The molecule has 1 unspecified atom stereocenters. The Hall–Kier alpha value is -0.920. The first-order valence-electron chi connectivity index (χ1n) is 5.20. The van der Waals surface area contributed by atoms with Crippen molar-refractivity contribution in [3.8, 4) is 0 Å². The first kappa shape index (κ1) is 17.1. The summed E-state index contributed by atoms with van der Waals surface area (Å²) in [6, 6.07) is -0.983. The van der Waals surface area contributed by atoms with Crippen molar-refractivity contribution in [1.29, 1.82) is 0 Å². The largest absolute Gasteiger partial charge is 0.463 e. The molecule has 0 saturated carbocycles. The zero-order valence-electron chi connectivity index (χ0n) is 10.2. The van der Waals surface area contributed by atoms with Crippen molar-refractivity contribution in [1.82, 2.24) is 5.32 Å². The molecule has 18 heavy (non-hydrogen) atoms. The second-order valence-corrected chi connectivity index (χ2v) is 4.98. The molecular weight excluding hydrogens is 261 g/mol. The molecule has 1 amide bonds. The Bertz CT molecular complexity index is 296. The number of hydrogen-bond acceptors (Lipinski definition) is 2.